The van der Waals surface area contributed by atoms with Crippen molar-refractivity contribution in [1.29, 1.82) is 0 Å². The molecule has 0 fully saturated rings. The van der Waals surface area contributed by atoms with Crippen molar-refractivity contribution in [3.05, 3.63) is 35.7 Å². The summed E-state index contributed by atoms with van der Waals surface area (Å²) in [6.07, 6.45) is 0.854. The van der Waals surface area contributed by atoms with E-state index >= 15 is 0 Å². The minimum Gasteiger partial charge on any atom is -0.395 e. The normalized spacial score (nSPS) is 10.6. The molecule has 0 unspecified atom stereocenters. The molecule has 7 heteroatoms. The van der Waals surface area contributed by atoms with E-state index in [0.717, 1.165) is 23.4 Å². The number of aryl methyl sites for hydroxylation is 1. The first-order valence-corrected chi connectivity index (χ1v) is 7.76. The van der Waals surface area contributed by atoms with Gasteiger partial charge >= 0.3 is 6.03 Å². The second-order valence-corrected chi connectivity index (χ2v) is 5.31. The van der Waals surface area contributed by atoms with Crippen molar-refractivity contribution in [2.24, 2.45) is 0 Å². The summed E-state index contributed by atoms with van der Waals surface area (Å²) in [5.41, 5.74) is 1.88. The molecule has 2 aromatic rings. The number of nitrogens with zero attached hydrogens (tertiary/aromatic N) is 3. The van der Waals surface area contributed by atoms with Crippen LogP contribution in [0.2, 0.25) is 0 Å². The van der Waals surface area contributed by atoms with Gasteiger partial charge in [-0.2, -0.15) is 5.10 Å². The summed E-state index contributed by atoms with van der Waals surface area (Å²) in [7, 11) is 0. The van der Waals surface area contributed by atoms with Gasteiger partial charge in [0.25, 0.3) is 0 Å². The van der Waals surface area contributed by atoms with Crippen LogP contribution in [0.1, 0.15) is 24.7 Å². The van der Waals surface area contributed by atoms with Gasteiger partial charge in [-0.3, -0.25) is 5.10 Å². The van der Waals surface area contributed by atoms with Crippen LogP contribution in [0.5, 0.6) is 0 Å². The zero-order valence-electron chi connectivity index (χ0n) is 13.5. The Morgan fingerprint density at radius 1 is 1.39 bits per heavy atom. The highest BCUT2D eigenvalue weighted by Crippen LogP contribution is 2.16. The number of hydrogen-bond donors (Lipinski definition) is 3. The van der Waals surface area contributed by atoms with Gasteiger partial charge in [0, 0.05) is 25.2 Å². The van der Waals surface area contributed by atoms with Gasteiger partial charge in [0.15, 0.2) is 5.82 Å². The van der Waals surface area contributed by atoms with E-state index in [9.17, 15) is 4.79 Å². The second kappa shape index (κ2) is 8.28. The number of urea groups is 1. The number of hydrogen-bond acceptors (Lipinski definition) is 4. The molecule has 1 aromatic carbocycles. The lowest BCUT2D eigenvalue weighted by Gasteiger charge is -2.21. The Hall–Kier alpha value is -2.41. The summed E-state index contributed by atoms with van der Waals surface area (Å²) in [6.45, 7) is 5.21. The van der Waals surface area contributed by atoms with E-state index in [4.69, 9.17) is 5.11 Å². The molecule has 0 aliphatic heterocycles. The van der Waals surface area contributed by atoms with Gasteiger partial charge in [0.2, 0.25) is 0 Å². The lowest BCUT2D eigenvalue weighted by atomic mass is 10.1. The Bertz CT molecular complexity index is 635. The van der Waals surface area contributed by atoms with Crippen LogP contribution in [0.15, 0.2) is 24.3 Å². The molecule has 0 radical (unpaired) electrons. The van der Waals surface area contributed by atoms with Gasteiger partial charge in [-0.05, 0) is 25.0 Å². The highest BCUT2D eigenvalue weighted by molar-refractivity contribution is 5.74. The maximum atomic E-state index is 12.1. The van der Waals surface area contributed by atoms with Gasteiger partial charge in [-0.15, -0.1) is 0 Å². The number of nitrogens with one attached hydrogen (secondary N) is 2. The van der Waals surface area contributed by atoms with Crippen LogP contribution >= 0.6 is 0 Å². The molecule has 0 atom stereocenters. The Balaban J connectivity index is 1.99. The van der Waals surface area contributed by atoms with E-state index in [1.165, 1.54) is 0 Å². The summed E-state index contributed by atoms with van der Waals surface area (Å²) in [5, 5.41) is 18.9. The highest BCUT2D eigenvalue weighted by atomic mass is 16.3. The quantitative estimate of drug-likeness (QED) is 0.724. The first-order chi connectivity index (χ1) is 11.1. The van der Waals surface area contributed by atoms with Crippen molar-refractivity contribution >= 4 is 6.03 Å². The Kier molecular flexibility index (Phi) is 6.10. The summed E-state index contributed by atoms with van der Waals surface area (Å²) < 4.78 is 0. The number of carbonyl (C=O) groups is 1. The monoisotopic (exact) mass is 317 g/mol. The molecular formula is C16H23N5O2. The molecule has 3 N–H and O–H groups in total. The fraction of sp³-hybridized carbons (Fsp3) is 0.438. The van der Waals surface area contributed by atoms with E-state index < -0.39 is 0 Å². The number of aliphatic hydroxyl groups is 1. The lowest BCUT2D eigenvalue weighted by molar-refractivity contribution is 0.177. The average molecular weight is 317 g/mol. The third-order valence-electron chi connectivity index (χ3n) is 3.38. The lowest BCUT2D eigenvalue weighted by Crippen LogP contribution is -2.41. The highest BCUT2D eigenvalue weighted by Gasteiger charge is 2.11. The minimum atomic E-state index is -0.167. The van der Waals surface area contributed by atoms with Gasteiger partial charge in [-0.25, -0.2) is 9.78 Å². The Labute approximate surface area is 135 Å². The molecule has 23 heavy (non-hydrogen) atoms. The molecule has 0 aliphatic carbocycles. The van der Waals surface area contributed by atoms with Crippen LogP contribution in [0.4, 0.5) is 4.79 Å². The van der Waals surface area contributed by atoms with Crippen molar-refractivity contribution < 1.29 is 9.90 Å². The maximum Gasteiger partial charge on any atom is 0.317 e. The number of carbonyl (C=O) groups excluding carboxylic acids is 1. The first kappa shape index (κ1) is 17.0. The zero-order chi connectivity index (χ0) is 16.7. The van der Waals surface area contributed by atoms with E-state index in [1.54, 1.807) is 4.90 Å². The molecule has 0 aliphatic rings. The van der Waals surface area contributed by atoms with Crippen molar-refractivity contribution in [2.45, 2.75) is 26.8 Å². The Morgan fingerprint density at radius 2 is 2.22 bits per heavy atom. The van der Waals surface area contributed by atoms with Crippen molar-refractivity contribution in [2.75, 3.05) is 19.7 Å². The minimum absolute atomic E-state index is 0.0346. The number of amides is 2. The smallest absolute Gasteiger partial charge is 0.317 e. The Morgan fingerprint density at radius 3 is 2.87 bits per heavy atom. The average Bonchev–Trinajstić information content (AvgIpc) is 2.99. The van der Waals surface area contributed by atoms with Gasteiger partial charge in [0.05, 0.1) is 6.61 Å². The molecule has 1 aromatic heterocycles. The predicted octanol–water partition coefficient (Wildman–Crippen LogP) is 1.69. The molecule has 7 nitrogen and oxygen atoms in total. The van der Waals surface area contributed by atoms with E-state index in [2.05, 4.69) is 20.5 Å². The fourth-order valence-electron chi connectivity index (χ4n) is 2.29. The third-order valence-corrected chi connectivity index (χ3v) is 3.38. The number of aliphatic hydroxyl groups excluding tert-OH is 1. The van der Waals surface area contributed by atoms with Crippen molar-refractivity contribution in [3.8, 4) is 11.4 Å². The molecule has 1 heterocycles. The number of aromatic nitrogens is 3. The van der Waals surface area contributed by atoms with Gasteiger partial charge in [0.1, 0.15) is 5.82 Å². The molecule has 2 rings (SSSR count). The molecule has 0 saturated carbocycles. The molecule has 124 valence electrons. The molecule has 0 saturated heterocycles. The van der Waals surface area contributed by atoms with Crippen LogP contribution in [-0.4, -0.2) is 50.9 Å². The zero-order valence-corrected chi connectivity index (χ0v) is 13.5. The van der Waals surface area contributed by atoms with Crippen molar-refractivity contribution in [1.82, 2.24) is 25.4 Å². The number of benzene rings is 1. The topological polar surface area (TPSA) is 94.1 Å². The fourth-order valence-corrected chi connectivity index (χ4v) is 2.29. The van der Waals surface area contributed by atoms with Crippen LogP contribution < -0.4 is 5.32 Å². The molecule has 0 bridgehead atoms. The number of H-pyrrole nitrogens is 1. The summed E-state index contributed by atoms with van der Waals surface area (Å²) in [4.78, 5) is 18.0. The summed E-state index contributed by atoms with van der Waals surface area (Å²) in [5.74, 6) is 1.40. The SMILES string of the molecule is CCCN(CCO)C(=O)NCc1cccc(-c2n[nH]c(C)n2)c1. The van der Waals surface area contributed by atoms with E-state index in [0.29, 0.717) is 25.5 Å². The van der Waals surface area contributed by atoms with Crippen LogP contribution in [0.3, 0.4) is 0 Å². The largest absolute Gasteiger partial charge is 0.395 e. The van der Waals surface area contributed by atoms with E-state index in [-0.39, 0.29) is 12.6 Å². The third kappa shape index (κ3) is 4.79. The molecule has 2 amide bonds. The maximum absolute atomic E-state index is 12.1. The van der Waals surface area contributed by atoms with Crippen LogP contribution in [0.25, 0.3) is 11.4 Å². The van der Waals surface area contributed by atoms with Gasteiger partial charge < -0.3 is 15.3 Å². The molecular weight excluding hydrogens is 294 g/mol. The second-order valence-electron chi connectivity index (χ2n) is 5.31. The molecule has 0 spiro atoms. The predicted molar refractivity (Wildman–Crippen MR) is 87.7 cm³/mol. The standard InChI is InChI=1S/C16H23N5O2/c1-3-7-21(8-9-22)16(23)17-11-13-5-4-6-14(10-13)15-18-12(2)19-20-15/h4-6,10,22H,3,7-9,11H2,1-2H3,(H,17,23)(H,18,19,20). The van der Waals surface area contributed by atoms with Crippen molar-refractivity contribution in [3.63, 3.8) is 0 Å². The first-order valence-electron chi connectivity index (χ1n) is 7.76. The number of aromatic amines is 1. The van der Waals surface area contributed by atoms with E-state index in [1.807, 2.05) is 38.1 Å². The summed E-state index contributed by atoms with van der Waals surface area (Å²) in [6, 6.07) is 7.59. The summed E-state index contributed by atoms with van der Waals surface area (Å²) >= 11 is 0. The number of rotatable bonds is 7. The van der Waals surface area contributed by atoms with Gasteiger partial charge in [-0.1, -0.05) is 25.1 Å². The van der Waals surface area contributed by atoms with Crippen LogP contribution in [-0.2, 0) is 6.54 Å². The van der Waals surface area contributed by atoms with Crippen LogP contribution in [0, 0.1) is 6.92 Å².